The Morgan fingerprint density at radius 1 is 1.20 bits per heavy atom. The summed E-state index contributed by atoms with van der Waals surface area (Å²) in [6.07, 6.45) is -2.47. The number of halogens is 3. The zero-order chi connectivity index (χ0) is 11.3. The molecule has 2 nitrogen and oxygen atoms in total. The normalized spacial score (nSPS) is 40.5. The highest BCUT2D eigenvalue weighted by Gasteiger charge is 2.67. The smallest absolute Gasteiger partial charge is 0.405 e. The van der Waals surface area contributed by atoms with Gasteiger partial charge in [-0.1, -0.05) is 12.8 Å². The standard InChI is InChI=1S/C10H13F3O2/c11-10(12,13)9(8(14)15)5-6-1-3-7(9)4-2-6/h6-7H,1-5H2,(H,14,15). The van der Waals surface area contributed by atoms with Crippen LogP contribution in [0.4, 0.5) is 13.2 Å². The zero-order valence-corrected chi connectivity index (χ0v) is 8.18. The molecular formula is C10H13F3O2. The van der Waals surface area contributed by atoms with Crippen LogP contribution in [0.5, 0.6) is 0 Å². The minimum Gasteiger partial charge on any atom is -0.481 e. The van der Waals surface area contributed by atoms with Crippen LogP contribution in [0.3, 0.4) is 0 Å². The topological polar surface area (TPSA) is 37.3 Å². The maximum absolute atomic E-state index is 12.9. The van der Waals surface area contributed by atoms with Gasteiger partial charge in [0, 0.05) is 0 Å². The summed E-state index contributed by atoms with van der Waals surface area (Å²) >= 11 is 0. The molecule has 1 N–H and O–H groups in total. The van der Waals surface area contributed by atoms with Crippen molar-refractivity contribution in [3.05, 3.63) is 0 Å². The van der Waals surface area contributed by atoms with Gasteiger partial charge in [-0.3, -0.25) is 4.79 Å². The molecule has 0 heterocycles. The third kappa shape index (κ3) is 1.35. The fourth-order valence-electron chi connectivity index (χ4n) is 3.21. The van der Waals surface area contributed by atoms with E-state index in [-0.39, 0.29) is 12.3 Å². The van der Waals surface area contributed by atoms with Crippen LogP contribution in [0.1, 0.15) is 32.1 Å². The molecular weight excluding hydrogens is 209 g/mol. The summed E-state index contributed by atoms with van der Waals surface area (Å²) < 4.78 is 38.8. The highest BCUT2D eigenvalue weighted by molar-refractivity contribution is 5.76. The largest absolute Gasteiger partial charge is 0.481 e. The van der Waals surface area contributed by atoms with Crippen molar-refractivity contribution < 1.29 is 23.1 Å². The van der Waals surface area contributed by atoms with E-state index in [1.54, 1.807) is 0 Å². The molecule has 0 amide bonds. The lowest BCUT2D eigenvalue weighted by molar-refractivity contribution is -0.266. The summed E-state index contributed by atoms with van der Waals surface area (Å²) in [5, 5.41) is 8.93. The number of fused-ring (bicyclic) bond motifs is 3. The molecule has 3 saturated carbocycles. The van der Waals surface area contributed by atoms with Crippen molar-refractivity contribution in [3.63, 3.8) is 0 Å². The summed E-state index contributed by atoms with van der Waals surface area (Å²) in [4.78, 5) is 11.0. The van der Waals surface area contributed by atoms with Crippen LogP contribution in [0, 0.1) is 17.3 Å². The van der Waals surface area contributed by atoms with Crippen LogP contribution in [0.25, 0.3) is 0 Å². The third-order valence-electron chi connectivity index (χ3n) is 4.04. The second-order valence-corrected chi connectivity index (χ2v) is 4.70. The number of carboxylic acid groups (broad SMARTS) is 1. The van der Waals surface area contributed by atoms with E-state index < -0.39 is 23.5 Å². The van der Waals surface area contributed by atoms with Crippen molar-refractivity contribution in [3.8, 4) is 0 Å². The average Bonchev–Trinajstić information content (AvgIpc) is 2.17. The minimum atomic E-state index is -4.61. The molecule has 0 saturated heterocycles. The van der Waals surface area contributed by atoms with Crippen LogP contribution < -0.4 is 0 Å². The molecule has 0 aromatic heterocycles. The van der Waals surface area contributed by atoms with Crippen LogP contribution >= 0.6 is 0 Å². The van der Waals surface area contributed by atoms with Gasteiger partial charge in [0.1, 0.15) is 0 Å². The van der Waals surface area contributed by atoms with Crippen molar-refractivity contribution in [2.45, 2.75) is 38.3 Å². The van der Waals surface area contributed by atoms with Crippen LogP contribution in [-0.4, -0.2) is 17.3 Å². The van der Waals surface area contributed by atoms with Crippen molar-refractivity contribution in [2.24, 2.45) is 17.3 Å². The van der Waals surface area contributed by atoms with Gasteiger partial charge in [-0.15, -0.1) is 0 Å². The number of rotatable bonds is 1. The van der Waals surface area contributed by atoms with E-state index in [0.29, 0.717) is 12.8 Å². The van der Waals surface area contributed by atoms with Crippen molar-refractivity contribution in [2.75, 3.05) is 0 Å². The Balaban J connectivity index is 2.40. The van der Waals surface area contributed by atoms with E-state index in [1.165, 1.54) is 0 Å². The Bertz CT molecular complexity index is 279. The molecule has 5 heteroatoms. The summed E-state index contributed by atoms with van der Waals surface area (Å²) in [7, 11) is 0. The Hall–Kier alpha value is -0.740. The second-order valence-electron chi connectivity index (χ2n) is 4.70. The van der Waals surface area contributed by atoms with E-state index >= 15 is 0 Å². The molecule has 0 aromatic rings. The summed E-state index contributed by atoms with van der Waals surface area (Å²) in [6.45, 7) is 0. The fraction of sp³-hybridized carbons (Fsp3) is 0.900. The lowest BCUT2D eigenvalue weighted by Gasteiger charge is -2.49. The molecule has 0 aliphatic heterocycles. The number of hydrogen-bond acceptors (Lipinski definition) is 1. The van der Waals surface area contributed by atoms with E-state index in [0.717, 1.165) is 12.8 Å². The minimum absolute atomic E-state index is 0.0484. The van der Waals surface area contributed by atoms with Crippen LogP contribution in [-0.2, 0) is 4.79 Å². The Labute approximate surface area is 85.5 Å². The van der Waals surface area contributed by atoms with E-state index in [4.69, 9.17) is 5.11 Å². The first kappa shape index (κ1) is 10.8. The first-order valence-corrected chi connectivity index (χ1v) is 5.18. The first-order valence-electron chi connectivity index (χ1n) is 5.18. The van der Waals surface area contributed by atoms with Gasteiger partial charge in [0.15, 0.2) is 5.41 Å². The molecule has 0 aromatic carbocycles. The van der Waals surface area contributed by atoms with Crippen molar-refractivity contribution in [1.29, 1.82) is 0 Å². The monoisotopic (exact) mass is 222 g/mol. The fourth-order valence-corrected chi connectivity index (χ4v) is 3.21. The highest BCUT2D eigenvalue weighted by Crippen LogP contribution is 2.59. The molecule has 3 rings (SSSR count). The lowest BCUT2D eigenvalue weighted by atomic mass is 9.55. The number of alkyl halides is 3. The van der Waals surface area contributed by atoms with E-state index in [1.807, 2.05) is 0 Å². The molecule has 3 fully saturated rings. The molecule has 1 atom stereocenters. The SMILES string of the molecule is O=C(O)C1(C(F)(F)F)CC2CCC1CC2. The van der Waals surface area contributed by atoms with E-state index in [2.05, 4.69) is 0 Å². The van der Waals surface area contributed by atoms with Crippen molar-refractivity contribution >= 4 is 5.97 Å². The molecule has 3 aliphatic rings. The third-order valence-corrected chi connectivity index (χ3v) is 4.04. The Kier molecular flexibility index (Phi) is 2.24. The van der Waals surface area contributed by atoms with Gasteiger partial charge < -0.3 is 5.11 Å². The van der Waals surface area contributed by atoms with Crippen molar-refractivity contribution in [1.82, 2.24) is 0 Å². The first-order chi connectivity index (χ1) is 6.88. The summed E-state index contributed by atoms with van der Waals surface area (Å²) in [6, 6.07) is 0. The quantitative estimate of drug-likeness (QED) is 0.740. The maximum atomic E-state index is 12.9. The van der Waals surface area contributed by atoms with Gasteiger partial charge in [-0.25, -0.2) is 0 Å². The molecule has 1 unspecified atom stereocenters. The molecule has 86 valence electrons. The molecule has 3 aliphatic carbocycles. The zero-order valence-electron chi connectivity index (χ0n) is 8.18. The number of carboxylic acids is 1. The number of carbonyl (C=O) groups is 1. The van der Waals surface area contributed by atoms with Gasteiger partial charge in [0.05, 0.1) is 0 Å². The van der Waals surface area contributed by atoms with Gasteiger partial charge in [-0.05, 0) is 31.1 Å². The molecule has 0 spiro atoms. The maximum Gasteiger partial charge on any atom is 0.405 e. The van der Waals surface area contributed by atoms with E-state index in [9.17, 15) is 18.0 Å². The molecule has 0 radical (unpaired) electrons. The predicted octanol–water partition coefficient (Wildman–Crippen LogP) is 2.83. The van der Waals surface area contributed by atoms with Gasteiger partial charge >= 0.3 is 12.1 Å². The van der Waals surface area contributed by atoms with Crippen LogP contribution in [0.15, 0.2) is 0 Å². The summed E-state index contributed by atoms with van der Waals surface area (Å²) in [5.74, 6) is -2.43. The summed E-state index contributed by atoms with van der Waals surface area (Å²) in [5.41, 5.74) is -2.45. The molecule has 15 heavy (non-hydrogen) atoms. The predicted molar refractivity (Wildman–Crippen MR) is 46.2 cm³/mol. The van der Waals surface area contributed by atoms with Crippen LogP contribution in [0.2, 0.25) is 0 Å². The highest BCUT2D eigenvalue weighted by atomic mass is 19.4. The second kappa shape index (κ2) is 3.12. The number of hydrogen-bond donors (Lipinski definition) is 1. The Morgan fingerprint density at radius 2 is 1.73 bits per heavy atom. The number of aliphatic carboxylic acids is 1. The van der Waals surface area contributed by atoms with Gasteiger partial charge in [0.25, 0.3) is 0 Å². The lowest BCUT2D eigenvalue weighted by Crippen LogP contribution is -2.56. The van der Waals surface area contributed by atoms with Gasteiger partial charge in [0.2, 0.25) is 0 Å². The molecule has 2 bridgehead atoms. The van der Waals surface area contributed by atoms with Gasteiger partial charge in [-0.2, -0.15) is 13.2 Å². The Morgan fingerprint density at radius 3 is 1.93 bits per heavy atom. The average molecular weight is 222 g/mol.